The van der Waals surface area contributed by atoms with Gasteiger partial charge in [-0.1, -0.05) is 25.8 Å². The number of carbonyl (C=O) groups is 2. The molecule has 1 aliphatic carbocycles. The second-order valence-electron chi connectivity index (χ2n) is 12.2. The lowest BCUT2D eigenvalue weighted by atomic mass is 10.00. The van der Waals surface area contributed by atoms with Gasteiger partial charge in [0.05, 0.1) is 13.2 Å². The van der Waals surface area contributed by atoms with Crippen LogP contribution >= 0.6 is 0 Å². The van der Waals surface area contributed by atoms with Crippen LogP contribution in [0.25, 0.3) is 0 Å². The summed E-state index contributed by atoms with van der Waals surface area (Å²) in [4.78, 5) is 29.1. The maximum absolute atomic E-state index is 14.1. The summed E-state index contributed by atoms with van der Waals surface area (Å²) < 4.78 is 40.0. The summed E-state index contributed by atoms with van der Waals surface area (Å²) in [6.07, 6.45) is 7.29. The molecule has 0 radical (unpaired) electrons. The number of unbranched alkanes of at least 4 members (excludes halogenated alkanes) is 1. The van der Waals surface area contributed by atoms with Crippen LogP contribution in [0.5, 0.6) is 5.75 Å². The van der Waals surface area contributed by atoms with Crippen LogP contribution in [0.4, 0.5) is 8.78 Å². The largest absolute Gasteiger partial charge is 0.497 e. The first-order valence-corrected chi connectivity index (χ1v) is 15.9. The quantitative estimate of drug-likeness (QED) is 0.424. The Morgan fingerprint density at radius 2 is 1.84 bits per heavy atom. The molecular formula is C34H45F2N3O4. The minimum Gasteiger partial charge on any atom is -0.497 e. The molecule has 5 rings (SSSR count). The van der Waals surface area contributed by atoms with Gasteiger partial charge in [-0.3, -0.25) is 9.59 Å². The Kier molecular flexibility index (Phi) is 10.7. The molecule has 2 aromatic carbocycles. The number of rotatable bonds is 7. The Bertz CT molecular complexity index is 1250. The molecule has 0 aromatic heterocycles. The Morgan fingerprint density at radius 1 is 1.02 bits per heavy atom. The number of benzene rings is 2. The van der Waals surface area contributed by atoms with E-state index < -0.39 is 17.7 Å². The summed E-state index contributed by atoms with van der Waals surface area (Å²) in [5.74, 6) is -0.651. The summed E-state index contributed by atoms with van der Waals surface area (Å²) in [5.41, 5.74) is 2.79. The summed E-state index contributed by atoms with van der Waals surface area (Å²) in [5, 5.41) is 6.83. The van der Waals surface area contributed by atoms with Crippen molar-refractivity contribution in [2.45, 2.75) is 95.4 Å². The number of nitrogens with zero attached hydrogens (tertiary/aromatic N) is 1. The fourth-order valence-electron chi connectivity index (χ4n) is 6.95. The molecule has 0 unspecified atom stereocenters. The molecule has 5 atom stereocenters. The Balaban J connectivity index is 1.37. The standard InChI is InChI=1S/C34H45F2N3O4/c1-3-4-7-23-12-14-39(34(23)41)31-8-5-6-15-43-32-21-30(29-20-27(42-2)9-10-28(29)32)37-13-11-26(38-33(31)40)18-22-16-24(35)19-25(36)17-22/h9-10,16-17,19-20,23,26,30-32,37H,3-8,11-15,18,21H2,1-2H3,(H,38,40)/t23-,26+,30-,31-,32+/m0/s1. The molecular weight excluding hydrogens is 552 g/mol. The van der Waals surface area contributed by atoms with Crippen molar-refractivity contribution in [1.29, 1.82) is 0 Å². The van der Waals surface area contributed by atoms with Crippen molar-refractivity contribution in [3.8, 4) is 5.75 Å². The van der Waals surface area contributed by atoms with Gasteiger partial charge in [0, 0.05) is 37.2 Å². The predicted octanol–water partition coefficient (Wildman–Crippen LogP) is 5.77. The molecule has 2 fully saturated rings. The van der Waals surface area contributed by atoms with E-state index in [9.17, 15) is 18.4 Å². The molecule has 0 saturated carbocycles. The van der Waals surface area contributed by atoms with E-state index in [1.807, 2.05) is 6.07 Å². The molecule has 2 N–H and O–H groups in total. The van der Waals surface area contributed by atoms with Gasteiger partial charge >= 0.3 is 0 Å². The van der Waals surface area contributed by atoms with Crippen molar-refractivity contribution >= 4 is 11.8 Å². The number of likely N-dealkylation sites (tertiary alicyclic amines) is 1. The number of ether oxygens (including phenoxy) is 2. The van der Waals surface area contributed by atoms with Crippen LogP contribution in [0.1, 0.15) is 93.5 Å². The van der Waals surface area contributed by atoms with Gasteiger partial charge in [0.25, 0.3) is 0 Å². The third kappa shape index (κ3) is 7.73. The highest BCUT2D eigenvalue weighted by Crippen LogP contribution is 2.42. The minimum atomic E-state index is -0.641. The van der Waals surface area contributed by atoms with Crippen LogP contribution in [0.2, 0.25) is 0 Å². The number of fused-ring (bicyclic) bond motifs is 5. The van der Waals surface area contributed by atoms with Crippen molar-refractivity contribution < 1.29 is 27.8 Å². The third-order valence-electron chi connectivity index (χ3n) is 9.23. The van der Waals surface area contributed by atoms with Gasteiger partial charge in [0.2, 0.25) is 11.8 Å². The van der Waals surface area contributed by atoms with Gasteiger partial charge in [0.1, 0.15) is 23.4 Å². The van der Waals surface area contributed by atoms with Crippen LogP contribution in [0, 0.1) is 17.6 Å². The summed E-state index contributed by atoms with van der Waals surface area (Å²) in [6, 6.07) is 8.69. The first-order valence-electron chi connectivity index (χ1n) is 15.9. The summed E-state index contributed by atoms with van der Waals surface area (Å²) >= 11 is 0. The Hall–Kier alpha value is -3.04. The monoisotopic (exact) mass is 597 g/mol. The van der Waals surface area contributed by atoms with Crippen molar-refractivity contribution in [3.63, 3.8) is 0 Å². The van der Waals surface area contributed by atoms with Gasteiger partial charge in [-0.15, -0.1) is 0 Å². The Labute approximate surface area is 253 Å². The van der Waals surface area contributed by atoms with Crippen molar-refractivity contribution in [2.24, 2.45) is 5.92 Å². The average molecular weight is 598 g/mol. The number of methoxy groups -OCH3 is 1. The molecule has 2 aliphatic heterocycles. The van der Waals surface area contributed by atoms with Crippen LogP contribution in [0.15, 0.2) is 36.4 Å². The second-order valence-corrected chi connectivity index (χ2v) is 12.2. The van der Waals surface area contributed by atoms with Crippen molar-refractivity contribution in [1.82, 2.24) is 15.5 Å². The zero-order valence-electron chi connectivity index (χ0n) is 25.4. The number of hydrogen-bond acceptors (Lipinski definition) is 5. The second kappa shape index (κ2) is 14.6. The highest BCUT2D eigenvalue weighted by Gasteiger charge is 2.39. The molecule has 234 valence electrons. The number of halogens is 2. The number of amides is 2. The van der Waals surface area contributed by atoms with E-state index in [0.29, 0.717) is 38.1 Å². The lowest BCUT2D eigenvalue weighted by molar-refractivity contribution is -0.140. The smallest absolute Gasteiger partial charge is 0.243 e. The third-order valence-corrected chi connectivity index (χ3v) is 9.23. The lowest BCUT2D eigenvalue weighted by Gasteiger charge is -2.30. The summed E-state index contributed by atoms with van der Waals surface area (Å²) in [7, 11) is 1.66. The van der Waals surface area contributed by atoms with Crippen LogP contribution in [-0.4, -0.2) is 55.6 Å². The highest BCUT2D eigenvalue weighted by atomic mass is 19.1. The molecule has 0 spiro atoms. The molecule has 2 heterocycles. The van der Waals surface area contributed by atoms with Crippen LogP contribution in [-0.2, 0) is 20.7 Å². The van der Waals surface area contributed by atoms with Gasteiger partial charge in [0.15, 0.2) is 0 Å². The van der Waals surface area contributed by atoms with E-state index >= 15 is 0 Å². The highest BCUT2D eigenvalue weighted by molar-refractivity contribution is 5.89. The molecule has 43 heavy (non-hydrogen) atoms. The Morgan fingerprint density at radius 3 is 2.60 bits per heavy atom. The average Bonchev–Trinajstić information content (AvgIpc) is 3.51. The van der Waals surface area contributed by atoms with Crippen molar-refractivity contribution in [3.05, 3.63) is 64.7 Å². The normalized spacial score (nSPS) is 26.9. The fourth-order valence-corrected chi connectivity index (χ4v) is 6.95. The first kappa shape index (κ1) is 31.4. The van der Waals surface area contributed by atoms with E-state index in [-0.39, 0.29) is 42.3 Å². The zero-order valence-corrected chi connectivity index (χ0v) is 25.4. The molecule has 2 aromatic rings. The molecule has 2 saturated heterocycles. The maximum atomic E-state index is 14.1. The van der Waals surface area contributed by atoms with Crippen molar-refractivity contribution in [2.75, 3.05) is 26.8 Å². The zero-order chi connectivity index (χ0) is 30.3. The van der Waals surface area contributed by atoms with E-state index in [2.05, 4.69) is 29.7 Å². The molecule has 7 nitrogen and oxygen atoms in total. The van der Waals surface area contributed by atoms with Gasteiger partial charge in [-0.2, -0.15) is 0 Å². The van der Waals surface area contributed by atoms with Gasteiger partial charge in [-0.25, -0.2) is 8.78 Å². The maximum Gasteiger partial charge on any atom is 0.243 e. The SMILES string of the molecule is CCCC[C@H]1CCN([C@H]2CCCCO[C@@H]3C[C@H](NCC[C@H](Cc4cc(F)cc(F)c4)NC2=O)c2cc(OC)ccc23)C1=O. The topological polar surface area (TPSA) is 79.9 Å². The fraction of sp³-hybridized carbons (Fsp3) is 0.588. The van der Waals surface area contributed by atoms with E-state index in [1.165, 1.54) is 12.1 Å². The number of nitrogens with one attached hydrogen (secondary N) is 2. The number of carbonyl (C=O) groups excluding carboxylic acids is 2. The van der Waals surface area contributed by atoms with Gasteiger partial charge in [-0.05, 0) is 98.9 Å². The lowest BCUT2D eigenvalue weighted by Crippen LogP contribution is -2.51. The predicted molar refractivity (Wildman–Crippen MR) is 161 cm³/mol. The molecule has 9 heteroatoms. The van der Waals surface area contributed by atoms with Crippen LogP contribution in [0.3, 0.4) is 0 Å². The molecule has 2 bridgehead atoms. The number of hydrogen-bond donors (Lipinski definition) is 2. The molecule has 3 aliphatic rings. The summed E-state index contributed by atoms with van der Waals surface area (Å²) in [6.45, 7) is 3.83. The minimum absolute atomic E-state index is 0.0304. The first-order chi connectivity index (χ1) is 20.9. The molecule has 2 amide bonds. The van der Waals surface area contributed by atoms with Gasteiger partial charge < -0.3 is 25.0 Å². The van der Waals surface area contributed by atoms with E-state index in [1.54, 1.807) is 12.0 Å². The van der Waals surface area contributed by atoms with E-state index in [0.717, 1.165) is 67.9 Å². The van der Waals surface area contributed by atoms with Crippen LogP contribution < -0.4 is 15.4 Å². The van der Waals surface area contributed by atoms with E-state index in [4.69, 9.17) is 9.47 Å².